The summed E-state index contributed by atoms with van der Waals surface area (Å²) in [6.07, 6.45) is 7.21. The van der Waals surface area contributed by atoms with Gasteiger partial charge >= 0.3 is 0 Å². The molecule has 0 aromatic rings. The van der Waals surface area contributed by atoms with E-state index in [0.717, 1.165) is 44.9 Å². The van der Waals surface area contributed by atoms with Gasteiger partial charge in [0.25, 0.3) is 0 Å². The summed E-state index contributed by atoms with van der Waals surface area (Å²) in [5, 5.41) is 9.73. The minimum Gasteiger partial charge on any atom is -0.392 e. The van der Waals surface area contributed by atoms with Crippen LogP contribution in [0.1, 0.15) is 45.4 Å². The Hall–Kier alpha value is -0.120. The number of nitrogens with two attached hydrogens (primary N) is 1. The van der Waals surface area contributed by atoms with Crippen molar-refractivity contribution in [1.82, 2.24) is 4.90 Å². The number of piperidine rings is 1. The van der Waals surface area contributed by atoms with Crippen molar-refractivity contribution < 1.29 is 5.11 Å². The molecule has 3 heteroatoms. The molecule has 100 valence electrons. The zero-order valence-electron chi connectivity index (χ0n) is 11.2. The van der Waals surface area contributed by atoms with Crippen LogP contribution in [0.4, 0.5) is 0 Å². The Balaban J connectivity index is 1.90. The number of aliphatic hydroxyl groups is 1. The zero-order chi connectivity index (χ0) is 12.3. The molecule has 1 aliphatic heterocycles. The number of β-amino-alcohol motifs (C(OH)–C–C–N with tert-alkyl or cyclic N) is 1. The molecule has 3 N–H and O–H groups in total. The van der Waals surface area contributed by atoms with E-state index in [1.54, 1.807) is 0 Å². The Morgan fingerprint density at radius 3 is 2.59 bits per heavy atom. The molecular formula is C14H28N2O. The third-order valence-corrected chi connectivity index (χ3v) is 4.81. The Bertz CT molecular complexity index is 236. The van der Waals surface area contributed by atoms with Crippen molar-refractivity contribution in [3.05, 3.63) is 0 Å². The average Bonchev–Trinajstić information content (AvgIpc) is 2.33. The molecule has 0 aromatic carbocycles. The van der Waals surface area contributed by atoms with Gasteiger partial charge in [-0.05, 0) is 50.1 Å². The fourth-order valence-corrected chi connectivity index (χ4v) is 3.45. The van der Waals surface area contributed by atoms with Gasteiger partial charge in [0.05, 0.1) is 6.10 Å². The number of aliphatic hydroxyl groups excluding tert-OH is 1. The summed E-state index contributed by atoms with van der Waals surface area (Å²) in [7, 11) is 0. The van der Waals surface area contributed by atoms with Crippen LogP contribution in [0.25, 0.3) is 0 Å². The van der Waals surface area contributed by atoms with E-state index in [1.807, 2.05) is 0 Å². The maximum Gasteiger partial charge on any atom is 0.0667 e. The van der Waals surface area contributed by atoms with Crippen molar-refractivity contribution in [2.24, 2.45) is 17.1 Å². The molecule has 1 atom stereocenters. The summed E-state index contributed by atoms with van der Waals surface area (Å²) in [4.78, 5) is 2.44. The van der Waals surface area contributed by atoms with Crippen LogP contribution in [0.2, 0.25) is 0 Å². The lowest BCUT2D eigenvalue weighted by Gasteiger charge is -2.43. The molecule has 0 radical (unpaired) electrons. The van der Waals surface area contributed by atoms with Gasteiger partial charge in [-0.25, -0.2) is 0 Å². The largest absolute Gasteiger partial charge is 0.392 e. The second-order valence-electron chi connectivity index (χ2n) is 6.42. The summed E-state index contributed by atoms with van der Waals surface area (Å²) in [5.41, 5.74) is 6.38. The first-order chi connectivity index (χ1) is 8.13. The highest BCUT2D eigenvalue weighted by atomic mass is 16.3. The molecule has 0 spiro atoms. The predicted molar refractivity (Wildman–Crippen MR) is 70.8 cm³/mol. The van der Waals surface area contributed by atoms with Crippen molar-refractivity contribution in [2.45, 2.75) is 51.6 Å². The molecule has 1 heterocycles. The van der Waals surface area contributed by atoms with E-state index in [0.29, 0.717) is 5.41 Å². The summed E-state index contributed by atoms with van der Waals surface area (Å²) in [6.45, 7) is 6.27. The van der Waals surface area contributed by atoms with Crippen molar-refractivity contribution in [3.63, 3.8) is 0 Å². The molecule has 1 saturated carbocycles. The van der Waals surface area contributed by atoms with E-state index in [9.17, 15) is 5.11 Å². The summed E-state index contributed by atoms with van der Waals surface area (Å²) in [6, 6.07) is 0. The van der Waals surface area contributed by atoms with Crippen LogP contribution in [0.15, 0.2) is 0 Å². The maximum absolute atomic E-state index is 9.73. The van der Waals surface area contributed by atoms with Gasteiger partial charge in [-0.1, -0.05) is 19.8 Å². The number of likely N-dealkylation sites (tertiary alicyclic amines) is 1. The lowest BCUT2D eigenvalue weighted by molar-refractivity contribution is 0.0290. The first kappa shape index (κ1) is 13.3. The molecular weight excluding hydrogens is 212 g/mol. The number of nitrogens with zero attached hydrogens (tertiary/aromatic N) is 1. The first-order valence-electron chi connectivity index (χ1n) is 7.24. The quantitative estimate of drug-likeness (QED) is 0.788. The molecule has 3 nitrogen and oxygen atoms in total. The Morgan fingerprint density at radius 1 is 1.29 bits per heavy atom. The molecule has 0 amide bonds. The van der Waals surface area contributed by atoms with Gasteiger partial charge in [0.2, 0.25) is 0 Å². The molecule has 1 saturated heterocycles. The summed E-state index contributed by atoms with van der Waals surface area (Å²) < 4.78 is 0. The molecule has 1 unspecified atom stereocenters. The molecule has 1 aliphatic carbocycles. The zero-order valence-corrected chi connectivity index (χ0v) is 11.2. The van der Waals surface area contributed by atoms with Crippen LogP contribution in [0.5, 0.6) is 0 Å². The van der Waals surface area contributed by atoms with Crippen molar-refractivity contribution >= 4 is 0 Å². The fourth-order valence-electron chi connectivity index (χ4n) is 3.45. The molecule has 2 fully saturated rings. The van der Waals surface area contributed by atoms with Crippen LogP contribution in [0.3, 0.4) is 0 Å². The Labute approximate surface area is 105 Å². The monoisotopic (exact) mass is 240 g/mol. The van der Waals surface area contributed by atoms with Crippen LogP contribution < -0.4 is 5.73 Å². The third-order valence-electron chi connectivity index (χ3n) is 4.81. The van der Waals surface area contributed by atoms with Gasteiger partial charge in [-0.3, -0.25) is 0 Å². The highest BCUT2D eigenvalue weighted by molar-refractivity contribution is 4.89. The van der Waals surface area contributed by atoms with Crippen molar-refractivity contribution in [2.75, 3.05) is 26.2 Å². The van der Waals surface area contributed by atoms with Crippen LogP contribution >= 0.6 is 0 Å². The normalized spacial score (nSPS) is 40.4. The smallest absolute Gasteiger partial charge is 0.0667 e. The van der Waals surface area contributed by atoms with Gasteiger partial charge in [0.1, 0.15) is 0 Å². The van der Waals surface area contributed by atoms with Gasteiger partial charge in [-0.2, -0.15) is 0 Å². The van der Waals surface area contributed by atoms with E-state index in [2.05, 4.69) is 11.8 Å². The molecule has 0 aromatic heterocycles. The SMILES string of the molecule is CC1CCC(CN)(CN2CCCC(O)C2)CC1. The standard InChI is InChI=1S/C14H28N2O/c1-12-4-6-14(10-15,7-5-12)11-16-8-2-3-13(17)9-16/h12-13,17H,2-11,15H2,1H3. The first-order valence-corrected chi connectivity index (χ1v) is 7.24. The van der Waals surface area contributed by atoms with Crippen LogP contribution in [0, 0.1) is 11.3 Å². The van der Waals surface area contributed by atoms with E-state index >= 15 is 0 Å². The molecule has 0 bridgehead atoms. The molecule has 2 aliphatic rings. The molecule has 2 rings (SSSR count). The van der Waals surface area contributed by atoms with Gasteiger partial charge in [-0.15, -0.1) is 0 Å². The topological polar surface area (TPSA) is 49.5 Å². The summed E-state index contributed by atoms with van der Waals surface area (Å²) >= 11 is 0. The summed E-state index contributed by atoms with van der Waals surface area (Å²) in [5.74, 6) is 0.877. The second-order valence-corrected chi connectivity index (χ2v) is 6.42. The number of hydrogen-bond donors (Lipinski definition) is 2. The number of rotatable bonds is 3. The van der Waals surface area contributed by atoms with Gasteiger partial charge in [0.15, 0.2) is 0 Å². The van der Waals surface area contributed by atoms with Gasteiger partial charge in [0, 0.05) is 13.1 Å². The van der Waals surface area contributed by atoms with Crippen molar-refractivity contribution in [1.29, 1.82) is 0 Å². The van der Waals surface area contributed by atoms with E-state index in [4.69, 9.17) is 5.73 Å². The Kier molecular flexibility index (Phi) is 4.45. The van der Waals surface area contributed by atoms with E-state index in [1.165, 1.54) is 25.7 Å². The lowest BCUT2D eigenvalue weighted by Crippen LogP contribution is -2.48. The maximum atomic E-state index is 9.73. The highest BCUT2D eigenvalue weighted by Gasteiger charge is 2.35. The van der Waals surface area contributed by atoms with E-state index < -0.39 is 0 Å². The Morgan fingerprint density at radius 2 is 2.00 bits per heavy atom. The lowest BCUT2D eigenvalue weighted by atomic mass is 9.70. The van der Waals surface area contributed by atoms with Crippen LogP contribution in [-0.4, -0.2) is 42.3 Å². The molecule has 17 heavy (non-hydrogen) atoms. The van der Waals surface area contributed by atoms with E-state index in [-0.39, 0.29) is 6.10 Å². The van der Waals surface area contributed by atoms with Crippen molar-refractivity contribution in [3.8, 4) is 0 Å². The fraction of sp³-hybridized carbons (Fsp3) is 1.00. The minimum atomic E-state index is -0.110. The highest BCUT2D eigenvalue weighted by Crippen LogP contribution is 2.39. The number of hydrogen-bond acceptors (Lipinski definition) is 3. The van der Waals surface area contributed by atoms with Gasteiger partial charge < -0.3 is 15.7 Å². The average molecular weight is 240 g/mol. The van der Waals surface area contributed by atoms with Crippen LogP contribution in [-0.2, 0) is 0 Å². The third kappa shape index (κ3) is 3.43. The predicted octanol–water partition coefficient (Wildman–Crippen LogP) is 1.60. The second kappa shape index (κ2) is 5.68. The minimum absolute atomic E-state index is 0.110.